The van der Waals surface area contributed by atoms with Crippen LogP contribution in [0.1, 0.15) is 55.6 Å². The Morgan fingerprint density at radius 3 is 2.48 bits per heavy atom. The number of anilines is 4. The highest BCUT2D eigenvalue weighted by molar-refractivity contribution is 8.07. The third-order valence-corrected chi connectivity index (χ3v) is 9.21. The number of hydrogen-bond acceptors (Lipinski definition) is 10. The van der Waals surface area contributed by atoms with Crippen LogP contribution in [0.5, 0.6) is 0 Å². The Morgan fingerprint density at radius 2 is 1.82 bits per heavy atom. The minimum atomic E-state index is -4.46. The van der Waals surface area contributed by atoms with Crippen molar-refractivity contribution in [1.29, 1.82) is 0 Å². The normalized spacial score (nSPS) is 21.1. The molecule has 0 radical (unpaired) electrons. The number of amides is 1. The third kappa shape index (κ3) is 6.21. The maximum absolute atomic E-state index is 13.6. The summed E-state index contributed by atoms with van der Waals surface area (Å²) in [5.74, 6) is 0.486. The van der Waals surface area contributed by atoms with E-state index in [4.69, 9.17) is 4.74 Å². The van der Waals surface area contributed by atoms with Gasteiger partial charge in [-0.1, -0.05) is 0 Å². The molecule has 0 unspecified atom stereocenters. The van der Waals surface area contributed by atoms with E-state index in [1.54, 1.807) is 12.1 Å². The van der Waals surface area contributed by atoms with Gasteiger partial charge in [0.25, 0.3) is 21.0 Å². The minimum Gasteiger partial charge on any atom is -0.384 e. The van der Waals surface area contributed by atoms with E-state index in [9.17, 15) is 23.1 Å². The second kappa shape index (κ2) is 10.9. The van der Waals surface area contributed by atoms with Gasteiger partial charge in [-0.3, -0.25) is 14.3 Å². The number of aryl methyl sites for hydroxylation is 1. The molecule has 1 saturated carbocycles. The van der Waals surface area contributed by atoms with Gasteiger partial charge >= 0.3 is 0 Å². The first-order valence-electron chi connectivity index (χ1n) is 13.6. The number of hydrogen-bond donors (Lipinski definition) is 3. The van der Waals surface area contributed by atoms with Crippen LogP contribution in [0.4, 0.5) is 23.1 Å². The van der Waals surface area contributed by atoms with Crippen LogP contribution in [0.3, 0.4) is 0 Å². The van der Waals surface area contributed by atoms with Crippen molar-refractivity contribution in [3.8, 4) is 0 Å². The summed E-state index contributed by atoms with van der Waals surface area (Å²) < 4.78 is 32.8. The van der Waals surface area contributed by atoms with E-state index in [0.29, 0.717) is 53.8 Å². The molecule has 40 heavy (non-hydrogen) atoms. The number of aromatic nitrogens is 2. The molecule has 2 aromatic rings. The van der Waals surface area contributed by atoms with Gasteiger partial charge in [0.1, 0.15) is 11.9 Å². The summed E-state index contributed by atoms with van der Waals surface area (Å²) in [5, 5.41) is 11.1. The summed E-state index contributed by atoms with van der Waals surface area (Å²) in [6, 6.07) is 6.24. The van der Waals surface area contributed by atoms with E-state index in [-0.39, 0.29) is 11.8 Å². The van der Waals surface area contributed by atoms with Crippen LogP contribution in [0.2, 0.25) is 0 Å². The molecule has 216 valence electrons. The summed E-state index contributed by atoms with van der Waals surface area (Å²) in [5.41, 5.74) is 2.15. The number of sulfonamides is 1. The predicted molar refractivity (Wildman–Crippen MR) is 151 cm³/mol. The predicted octanol–water partition coefficient (Wildman–Crippen LogP) is 2.29. The highest BCUT2D eigenvalue weighted by atomic mass is 32.2. The SMILES string of the molecule is Cc1cc(NC(=O)c2ccc(NS(=O)(=O)C(=O)[C@H](C)O)cc2N2CCC3(CC2)CC3)nc(N2CCO[C@H](C)C2)n1. The molecule has 5 rings (SSSR count). The van der Waals surface area contributed by atoms with Crippen LogP contribution >= 0.6 is 0 Å². The number of carbonyl (C=O) groups is 2. The van der Waals surface area contributed by atoms with Crippen molar-refractivity contribution in [2.75, 3.05) is 52.6 Å². The van der Waals surface area contributed by atoms with Crippen molar-refractivity contribution in [3.05, 3.63) is 35.5 Å². The number of morpholine rings is 1. The van der Waals surface area contributed by atoms with Gasteiger partial charge in [0.15, 0.2) is 0 Å². The van der Waals surface area contributed by atoms with Gasteiger partial charge in [-0.05, 0) is 70.1 Å². The summed E-state index contributed by atoms with van der Waals surface area (Å²) in [6.07, 6.45) is 2.80. The van der Waals surface area contributed by atoms with E-state index in [1.165, 1.54) is 25.0 Å². The quantitative estimate of drug-likeness (QED) is 0.450. The summed E-state index contributed by atoms with van der Waals surface area (Å²) in [7, 11) is -4.46. The van der Waals surface area contributed by atoms with Crippen LogP contribution < -0.4 is 19.8 Å². The monoisotopic (exact) mass is 572 g/mol. The van der Waals surface area contributed by atoms with E-state index in [1.807, 2.05) is 18.7 Å². The summed E-state index contributed by atoms with van der Waals surface area (Å²) in [4.78, 5) is 38.8. The largest absolute Gasteiger partial charge is 0.384 e. The molecule has 1 spiro atoms. The molecule has 3 heterocycles. The topological polar surface area (TPSA) is 154 Å². The van der Waals surface area contributed by atoms with Crippen molar-refractivity contribution in [2.45, 2.75) is 58.7 Å². The minimum absolute atomic E-state index is 0.0459. The maximum atomic E-state index is 13.6. The first-order valence-corrected chi connectivity index (χ1v) is 15.1. The molecule has 0 bridgehead atoms. The number of piperidine rings is 1. The van der Waals surface area contributed by atoms with Crippen LogP contribution in [0.25, 0.3) is 0 Å². The molecule has 1 amide bonds. The van der Waals surface area contributed by atoms with Crippen molar-refractivity contribution < 1.29 is 27.9 Å². The number of aliphatic hydroxyl groups is 1. The van der Waals surface area contributed by atoms with Gasteiger partial charge in [-0.15, -0.1) is 0 Å². The van der Waals surface area contributed by atoms with Crippen LogP contribution in [-0.4, -0.2) is 79.5 Å². The first-order chi connectivity index (χ1) is 18.9. The lowest BCUT2D eigenvalue weighted by molar-refractivity contribution is -0.118. The molecule has 3 aliphatic rings. The van der Waals surface area contributed by atoms with E-state index in [0.717, 1.165) is 32.9 Å². The molecule has 3 fully saturated rings. The van der Waals surface area contributed by atoms with Crippen LogP contribution in [0.15, 0.2) is 24.3 Å². The van der Waals surface area contributed by atoms with Crippen molar-refractivity contribution in [3.63, 3.8) is 0 Å². The molecule has 2 atom stereocenters. The summed E-state index contributed by atoms with van der Waals surface area (Å²) in [6.45, 7) is 8.25. The van der Waals surface area contributed by atoms with Gasteiger partial charge in [0.05, 0.1) is 29.6 Å². The number of rotatable bonds is 7. The first kappa shape index (κ1) is 28.2. The number of nitrogens with zero attached hydrogens (tertiary/aromatic N) is 4. The number of aliphatic hydroxyl groups excluding tert-OH is 1. The molecule has 2 aliphatic heterocycles. The smallest absolute Gasteiger partial charge is 0.298 e. The number of carbonyl (C=O) groups excluding carboxylic acids is 2. The third-order valence-electron chi connectivity index (χ3n) is 7.83. The van der Waals surface area contributed by atoms with Crippen molar-refractivity contribution in [1.82, 2.24) is 9.97 Å². The average molecular weight is 573 g/mol. The maximum Gasteiger partial charge on any atom is 0.298 e. The lowest BCUT2D eigenvalue weighted by atomic mass is 9.93. The van der Waals surface area contributed by atoms with Gasteiger partial charge in [-0.2, -0.15) is 13.4 Å². The fraction of sp³-hybridized carbons (Fsp3) is 0.556. The molecular formula is C27H36N6O6S. The van der Waals surface area contributed by atoms with Gasteiger partial charge in [0.2, 0.25) is 5.95 Å². The molecule has 1 aromatic heterocycles. The Hall–Kier alpha value is -3.29. The number of benzene rings is 1. The Bertz CT molecular complexity index is 1400. The average Bonchev–Trinajstić information content (AvgIpc) is 3.66. The molecule has 1 aromatic carbocycles. The highest BCUT2D eigenvalue weighted by Gasteiger charge is 2.44. The van der Waals surface area contributed by atoms with Crippen LogP contribution in [0, 0.1) is 12.3 Å². The second-order valence-electron chi connectivity index (χ2n) is 11.1. The molecule has 12 nitrogen and oxygen atoms in total. The Balaban J connectivity index is 1.42. The molecule has 13 heteroatoms. The summed E-state index contributed by atoms with van der Waals surface area (Å²) >= 11 is 0. The van der Waals surface area contributed by atoms with E-state index < -0.39 is 27.1 Å². The lowest BCUT2D eigenvalue weighted by Gasteiger charge is -2.35. The molecule has 2 saturated heterocycles. The van der Waals surface area contributed by atoms with Crippen molar-refractivity contribution >= 4 is 44.2 Å². The fourth-order valence-electron chi connectivity index (χ4n) is 5.32. The Labute approximate surface area is 234 Å². The zero-order valence-electron chi connectivity index (χ0n) is 23.0. The zero-order chi connectivity index (χ0) is 28.7. The molecular weight excluding hydrogens is 536 g/mol. The standard InChI is InChI=1S/C27H36N6O6S/c1-17-14-23(30-26(28-17)33-12-13-39-18(2)16-33)29-24(35)21-5-4-20(31-40(37,38)25(36)19(3)34)15-22(21)32-10-8-27(6-7-27)9-11-32/h4-5,14-15,18-19,31,34H,6-13,16H2,1-3H3,(H,28,29,30,35)/t18-,19+/m1/s1. The molecule has 3 N–H and O–H groups in total. The Kier molecular flexibility index (Phi) is 7.73. The highest BCUT2D eigenvalue weighted by Crippen LogP contribution is 2.54. The van der Waals surface area contributed by atoms with E-state index >= 15 is 0 Å². The van der Waals surface area contributed by atoms with Gasteiger partial charge in [0, 0.05) is 37.9 Å². The zero-order valence-corrected chi connectivity index (χ0v) is 23.8. The van der Waals surface area contributed by atoms with Crippen LogP contribution in [-0.2, 0) is 19.6 Å². The van der Waals surface area contributed by atoms with E-state index in [2.05, 4.69) is 24.9 Å². The Morgan fingerprint density at radius 1 is 1.10 bits per heavy atom. The lowest BCUT2D eigenvalue weighted by Crippen LogP contribution is -2.42. The van der Waals surface area contributed by atoms with Gasteiger partial charge in [-0.25, -0.2) is 4.98 Å². The van der Waals surface area contributed by atoms with Gasteiger partial charge < -0.3 is 25.0 Å². The molecule has 1 aliphatic carbocycles. The number of nitrogens with one attached hydrogen (secondary N) is 2. The number of ether oxygens (including phenoxy) is 1. The second-order valence-corrected chi connectivity index (χ2v) is 12.7. The van der Waals surface area contributed by atoms with Crippen molar-refractivity contribution in [2.24, 2.45) is 5.41 Å². The fourth-order valence-corrected chi connectivity index (χ4v) is 6.31.